The van der Waals surface area contributed by atoms with E-state index >= 15 is 0 Å². The summed E-state index contributed by atoms with van der Waals surface area (Å²) in [5.74, 6) is 0.611. The Hall–Kier alpha value is -1.19. The van der Waals surface area contributed by atoms with Crippen molar-refractivity contribution in [3.8, 4) is 11.6 Å². The van der Waals surface area contributed by atoms with Gasteiger partial charge in [-0.15, -0.1) is 0 Å². The van der Waals surface area contributed by atoms with Crippen LogP contribution in [0.15, 0.2) is 25.7 Å². The van der Waals surface area contributed by atoms with Gasteiger partial charge in [-0.1, -0.05) is 5.16 Å². The molecule has 0 aliphatic heterocycles. The number of hydrogen-bond donors (Lipinski definition) is 1. The lowest BCUT2D eigenvalue weighted by Gasteiger charge is -2.05. The maximum atomic E-state index is 11.5. The number of aromatic nitrogens is 2. The van der Waals surface area contributed by atoms with E-state index in [0.717, 1.165) is 0 Å². The lowest BCUT2D eigenvalue weighted by Crippen LogP contribution is -2.28. The van der Waals surface area contributed by atoms with Crippen molar-refractivity contribution in [2.24, 2.45) is 5.14 Å². The Morgan fingerprint density at radius 1 is 1.39 bits per heavy atom. The number of primary sulfonamides is 1. The molecule has 0 radical (unpaired) electrons. The molecule has 0 amide bonds. The van der Waals surface area contributed by atoms with Crippen LogP contribution < -0.4 is 5.14 Å². The molecule has 96 valence electrons. The standard InChI is InChI=1S/C9H8BrN3O4S/c10-6-2-1-5(16-6)7-12-8(17-13-7)9(3-4-9)18(11,14)15/h1-2H,3-4H2,(H2,11,14,15). The van der Waals surface area contributed by atoms with Crippen molar-refractivity contribution in [3.05, 3.63) is 22.7 Å². The molecule has 2 N–H and O–H groups in total. The third-order valence-corrected chi connectivity index (χ3v) is 4.96. The number of nitrogens with two attached hydrogens (primary N) is 1. The summed E-state index contributed by atoms with van der Waals surface area (Å²) >= 11 is 3.15. The number of hydrogen-bond acceptors (Lipinski definition) is 6. The second kappa shape index (κ2) is 3.65. The first-order valence-electron chi connectivity index (χ1n) is 5.05. The summed E-state index contributed by atoms with van der Waals surface area (Å²) in [5.41, 5.74) is 0. The molecule has 18 heavy (non-hydrogen) atoms. The average molecular weight is 334 g/mol. The van der Waals surface area contributed by atoms with E-state index in [4.69, 9.17) is 14.1 Å². The van der Waals surface area contributed by atoms with Crippen molar-refractivity contribution in [2.45, 2.75) is 17.6 Å². The first-order valence-corrected chi connectivity index (χ1v) is 7.39. The van der Waals surface area contributed by atoms with Crippen molar-refractivity contribution >= 4 is 26.0 Å². The molecular formula is C9H8BrN3O4S. The second-order valence-electron chi connectivity index (χ2n) is 4.07. The number of sulfonamides is 1. The number of nitrogens with zero attached hydrogens (tertiary/aromatic N) is 2. The molecule has 1 saturated carbocycles. The van der Waals surface area contributed by atoms with E-state index in [2.05, 4.69) is 26.1 Å². The van der Waals surface area contributed by atoms with E-state index in [0.29, 0.717) is 23.3 Å². The zero-order valence-electron chi connectivity index (χ0n) is 8.96. The zero-order chi connectivity index (χ0) is 13.0. The number of furan rings is 1. The Bertz CT molecular complexity index is 701. The summed E-state index contributed by atoms with van der Waals surface area (Å²) < 4.78 is 32.5. The first-order chi connectivity index (χ1) is 8.42. The van der Waals surface area contributed by atoms with Gasteiger partial charge >= 0.3 is 0 Å². The molecule has 1 aliphatic carbocycles. The third-order valence-electron chi connectivity index (χ3n) is 2.86. The zero-order valence-corrected chi connectivity index (χ0v) is 11.4. The van der Waals surface area contributed by atoms with Crippen LogP contribution in [0.1, 0.15) is 18.7 Å². The van der Waals surface area contributed by atoms with Crippen LogP contribution in [0.3, 0.4) is 0 Å². The molecule has 9 heteroatoms. The summed E-state index contributed by atoms with van der Waals surface area (Å²) in [6.07, 6.45) is 0.796. The molecular weight excluding hydrogens is 326 g/mol. The summed E-state index contributed by atoms with van der Waals surface area (Å²) in [4.78, 5) is 4.04. The Kier molecular flexibility index (Phi) is 2.41. The fourth-order valence-corrected chi connectivity index (χ4v) is 2.98. The highest BCUT2D eigenvalue weighted by atomic mass is 79.9. The lowest BCUT2D eigenvalue weighted by molar-refractivity contribution is 0.367. The first kappa shape index (κ1) is 11.9. The molecule has 0 unspecified atom stereocenters. The Morgan fingerprint density at radius 3 is 2.61 bits per heavy atom. The molecule has 2 aromatic heterocycles. The molecule has 0 atom stereocenters. The van der Waals surface area contributed by atoms with Crippen molar-refractivity contribution in [1.82, 2.24) is 10.1 Å². The van der Waals surface area contributed by atoms with Gasteiger partial charge in [0.25, 0.3) is 0 Å². The molecule has 3 rings (SSSR count). The average Bonchev–Trinajstić information content (AvgIpc) is 2.78. The van der Waals surface area contributed by atoms with Crippen LogP contribution in [0.25, 0.3) is 11.6 Å². The Labute approximate surface area is 111 Å². The highest BCUT2D eigenvalue weighted by Crippen LogP contribution is 2.51. The van der Waals surface area contributed by atoms with E-state index in [1.807, 2.05) is 0 Å². The summed E-state index contributed by atoms with van der Waals surface area (Å²) in [6, 6.07) is 3.33. The summed E-state index contributed by atoms with van der Waals surface area (Å²) in [6.45, 7) is 0. The van der Waals surface area contributed by atoms with Gasteiger partial charge in [-0.3, -0.25) is 0 Å². The molecule has 0 spiro atoms. The van der Waals surface area contributed by atoms with Crippen LogP contribution in [-0.2, 0) is 14.8 Å². The van der Waals surface area contributed by atoms with E-state index in [1.54, 1.807) is 12.1 Å². The van der Waals surface area contributed by atoms with Crippen LogP contribution in [0.4, 0.5) is 0 Å². The molecule has 1 aliphatic rings. The van der Waals surface area contributed by atoms with Gasteiger partial charge in [0.15, 0.2) is 15.2 Å². The fraction of sp³-hybridized carbons (Fsp3) is 0.333. The van der Waals surface area contributed by atoms with Crippen LogP contribution in [0.5, 0.6) is 0 Å². The molecule has 7 nitrogen and oxygen atoms in total. The third kappa shape index (κ3) is 1.70. The minimum Gasteiger partial charge on any atom is -0.446 e. The molecule has 2 heterocycles. The minimum absolute atomic E-state index is 0.0209. The fourth-order valence-electron chi connectivity index (χ4n) is 1.68. The summed E-state index contributed by atoms with van der Waals surface area (Å²) in [5, 5.41) is 8.87. The Balaban J connectivity index is 2.01. The predicted octanol–water partition coefficient (Wildman–Crippen LogP) is 1.37. The van der Waals surface area contributed by atoms with Crippen molar-refractivity contribution in [2.75, 3.05) is 0 Å². The van der Waals surface area contributed by atoms with Crippen molar-refractivity contribution in [1.29, 1.82) is 0 Å². The Morgan fingerprint density at radius 2 is 2.11 bits per heavy atom. The monoisotopic (exact) mass is 333 g/mol. The molecule has 0 bridgehead atoms. The molecule has 0 saturated heterocycles. The van der Waals surface area contributed by atoms with Gasteiger partial charge in [0, 0.05) is 0 Å². The normalized spacial score (nSPS) is 17.9. The number of rotatable bonds is 3. The van der Waals surface area contributed by atoms with Gasteiger partial charge in [-0.25, -0.2) is 13.6 Å². The van der Waals surface area contributed by atoms with Gasteiger partial charge in [0.05, 0.1) is 0 Å². The molecule has 2 aromatic rings. The predicted molar refractivity (Wildman–Crippen MR) is 63.7 cm³/mol. The minimum atomic E-state index is -3.74. The highest BCUT2D eigenvalue weighted by Gasteiger charge is 2.59. The maximum Gasteiger partial charge on any atom is 0.249 e. The van der Waals surface area contributed by atoms with Crippen molar-refractivity contribution < 1.29 is 17.4 Å². The van der Waals surface area contributed by atoms with Gasteiger partial charge in [0.1, 0.15) is 0 Å². The quantitative estimate of drug-likeness (QED) is 0.907. The van der Waals surface area contributed by atoms with Gasteiger partial charge in [-0.2, -0.15) is 4.98 Å². The smallest absolute Gasteiger partial charge is 0.249 e. The SMILES string of the molecule is NS(=O)(=O)C1(c2nc(-c3ccc(Br)o3)no2)CC1. The largest absolute Gasteiger partial charge is 0.446 e. The lowest BCUT2D eigenvalue weighted by atomic mass is 10.4. The maximum absolute atomic E-state index is 11.5. The highest BCUT2D eigenvalue weighted by molar-refractivity contribution is 9.10. The topological polar surface area (TPSA) is 112 Å². The van der Waals surface area contributed by atoms with Gasteiger partial charge in [0.2, 0.25) is 21.7 Å². The van der Waals surface area contributed by atoms with Crippen LogP contribution in [0, 0.1) is 0 Å². The van der Waals surface area contributed by atoms with Gasteiger partial charge < -0.3 is 8.94 Å². The van der Waals surface area contributed by atoms with Crippen LogP contribution in [-0.4, -0.2) is 18.6 Å². The molecule has 0 aromatic carbocycles. The van der Waals surface area contributed by atoms with E-state index in [1.165, 1.54) is 0 Å². The second-order valence-corrected chi connectivity index (χ2v) is 6.72. The van der Waals surface area contributed by atoms with Crippen LogP contribution >= 0.6 is 15.9 Å². The van der Waals surface area contributed by atoms with E-state index < -0.39 is 14.8 Å². The molecule has 1 fully saturated rings. The van der Waals surface area contributed by atoms with Crippen LogP contribution in [0.2, 0.25) is 0 Å². The van der Waals surface area contributed by atoms with E-state index in [-0.39, 0.29) is 11.7 Å². The van der Waals surface area contributed by atoms with Gasteiger partial charge in [-0.05, 0) is 40.9 Å². The van der Waals surface area contributed by atoms with E-state index in [9.17, 15) is 8.42 Å². The van der Waals surface area contributed by atoms with Crippen molar-refractivity contribution in [3.63, 3.8) is 0 Å². The summed E-state index contributed by atoms with van der Waals surface area (Å²) in [7, 11) is -3.74. The number of halogens is 1.